The van der Waals surface area contributed by atoms with E-state index in [0.717, 1.165) is 0 Å². The maximum absolute atomic E-state index is 12.8. The van der Waals surface area contributed by atoms with Gasteiger partial charge in [-0.25, -0.2) is 0 Å². The summed E-state index contributed by atoms with van der Waals surface area (Å²) in [6.45, 7) is 0. The van der Waals surface area contributed by atoms with Crippen LogP contribution in [-0.2, 0) is 19.2 Å². The second-order valence-corrected chi connectivity index (χ2v) is 9.88. The molecular formula is C29H25N3O5. The number of carbonyl (C=O) groups excluding carboxylic acids is 5. The maximum Gasteiger partial charge on any atom is 0.255 e. The highest BCUT2D eigenvalue weighted by molar-refractivity contribution is 6.23. The van der Waals surface area contributed by atoms with Crippen LogP contribution in [-0.4, -0.2) is 29.5 Å². The summed E-state index contributed by atoms with van der Waals surface area (Å²) in [6.07, 6.45) is 10.1. The Hall–Kier alpha value is -4.33. The first kappa shape index (κ1) is 23.1. The summed E-state index contributed by atoms with van der Waals surface area (Å²) in [5.41, 5.74) is 1.83. The highest BCUT2D eigenvalue weighted by atomic mass is 16.2. The van der Waals surface area contributed by atoms with Gasteiger partial charge in [-0.15, -0.1) is 0 Å². The molecule has 8 heteroatoms. The van der Waals surface area contributed by atoms with E-state index in [-0.39, 0.29) is 53.2 Å². The fourth-order valence-corrected chi connectivity index (χ4v) is 5.77. The molecule has 0 unspecified atom stereocenters. The molecule has 2 aromatic carbocycles. The molecule has 2 aromatic rings. The van der Waals surface area contributed by atoms with E-state index in [1.165, 1.54) is 9.80 Å². The van der Waals surface area contributed by atoms with Crippen LogP contribution in [0.2, 0.25) is 0 Å². The number of benzene rings is 2. The molecule has 0 spiro atoms. The van der Waals surface area contributed by atoms with Gasteiger partial charge in [-0.1, -0.05) is 24.3 Å². The van der Waals surface area contributed by atoms with Gasteiger partial charge in [0, 0.05) is 11.3 Å². The van der Waals surface area contributed by atoms with Crippen molar-refractivity contribution >= 4 is 46.6 Å². The van der Waals surface area contributed by atoms with Crippen molar-refractivity contribution in [1.82, 2.24) is 0 Å². The van der Waals surface area contributed by atoms with Crippen molar-refractivity contribution in [1.29, 1.82) is 0 Å². The number of carbonyl (C=O) groups is 5. The molecule has 0 aromatic heterocycles. The van der Waals surface area contributed by atoms with E-state index in [9.17, 15) is 24.0 Å². The standard InChI is InChI=1S/C29H25N3O5/c33-25(17-9-13-19(14-10-17)31-26(34)21-5-1-2-6-22(21)27(31)35)30-18-11-15-20(16-12-18)32-28(36)23-7-3-4-8-24(23)29(32)37/h1-4,9-16,21-24H,5-8H2,(H,30,33)/t21-,22-,23-,24+/m0/s1. The van der Waals surface area contributed by atoms with E-state index in [4.69, 9.17) is 0 Å². The highest BCUT2D eigenvalue weighted by Crippen LogP contribution is 2.39. The molecule has 2 saturated heterocycles. The molecule has 8 nitrogen and oxygen atoms in total. The third-order valence-corrected chi connectivity index (χ3v) is 7.79. The second kappa shape index (κ2) is 8.96. The predicted octanol–water partition coefficient (Wildman–Crippen LogP) is 3.85. The average Bonchev–Trinajstić information content (AvgIpc) is 3.34. The number of nitrogens with one attached hydrogen (secondary N) is 1. The van der Waals surface area contributed by atoms with Crippen LogP contribution in [0.5, 0.6) is 0 Å². The second-order valence-electron chi connectivity index (χ2n) is 9.88. The topological polar surface area (TPSA) is 104 Å². The van der Waals surface area contributed by atoms with Crippen molar-refractivity contribution in [3.8, 4) is 0 Å². The molecule has 1 N–H and O–H groups in total. The van der Waals surface area contributed by atoms with Gasteiger partial charge >= 0.3 is 0 Å². The van der Waals surface area contributed by atoms with Crippen LogP contribution in [0, 0.1) is 23.7 Å². The van der Waals surface area contributed by atoms with Crippen LogP contribution in [0.3, 0.4) is 0 Å². The van der Waals surface area contributed by atoms with E-state index in [2.05, 4.69) is 5.32 Å². The van der Waals surface area contributed by atoms with Gasteiger partial charge in [0.2, 0.25) is 23.6 Å². The molecule has 6 rings (SSSR count). The molecule has 2 aliphatic heterocycles. The maximum atomic E-state index is 12.8. The van der Waals surface area contributed by atoms with Crippen molar-refractivity contribution in [2.45, 2.75) is 25.7 Å². The van der Waals surface area contributed by atoms with Crippen molar-refractivity contribution in [2.75, 3.05) is 15.1 Å². The SMILES string of the molecule is O=C(Nc1ccc(N2C(=O)[C@H]3CC=CC[C@H]3C2=O)cc1)c1ccc(N2C(=O)[C@H]3CC=CC[C@@H]3C2=O)cc1. The van der Waals surface area contributed by atoms with Crippen LogP contribution in [0.15, 0.2) is 72.8 Å². The molecule has 37 heavy (non-hydrogen) atoms. The quantitative estimate of drug-likeness (QED) is 0.513. The lowest BCUT2D eigenvalue weighted by atomic mass is 9.85. The van der Waals surface area contributed by atoms with E-state index < -0.39 is 0 Å². The van der Waals surface area contributed by atoms with Gasteiger partial charge in [-0.3, -0.25) is 33.8 Å². The number of allylic oxidation sites excluding steroid dienone is 4. The van der Waals surface area contributed by atoms with Gasteiger partial charge in [-0.05, 0) is 74.2 Å². The summed E-state index contributed by atoms with van der Waals surface area (Å²) in [5.74, 6) is -2.32. The minimum atomic E-state index is -0.360. The van der Waals surface area contributed by atoms with Crippen LogP contribution in [0.1, 0.15) is 36.0 Å². The lowest BCUT2D eigenvalue weighted by Crippen LogP contribution is -2.31. The van der Waals surface area contributed by atoms with Gasteiger partial charge in [0.1, 0.15) is 0 Å². The number of amides is 5. The largest absolute Gasteiger partial charge is 0.322 e. The molecule has 2 aliphatic carbocycles. The molecule has 0 saturated carbocycles. The first-order valence-electron chi connectivity index (χ1n) is 12.5. The predicted molar refractivity (Wildman–Crippen MR) is 137 cm³/mol. The van der Waals surface area contributed by atoms with Gasteiger partial charge in [0.25, 0.3) is 5.91 Å². The number of nitrogens with zero attached hydrogens (tertiary/aromatic N) is 2. The Morgan fingerprint density at radius 3 is 1.30 bits per heavy atom. The molecule has 4 atom stereocenters. The number of imide groups is 2. The van der Waals surface area contributed by atoms with Gasteiger partial charge in [0.05, 0.1) is 35.0 Å². The Morgan fingerprint density at radius 2 is 0.919 bits per heavy atom. The zero-order valence-electron chi connectivity index (χ0n) is 20.0. The Kier molecular flexibility index (Phi) is 5.59. The molecular weight excluding hydrogens is 470 g/mol. The number of hydrogen-bond acceptors (Lipinski definition) is 5. The molecule has 2 heterocycles. The third-order valence-electron chi connectivity index (χ3n) is 7.79. The van der Waals surface area contributed by atoms with Crippen LogP contribution in [0.4, 0.5) is 17.1 Å². The normalized spacial score (nSPS) is 26.5. The van der Waals surface area contributed by atoms with E-state index in [0.29, 0.717) is 48.3 Å². The van der Waals surface area contributed by atoms with Gasteiger partial charge < -0.3 is 5.32 Å². The summed E-state index contributed by atoms with van der Waals surface area (Å²) < 4.78 is 0. The zero-order chi connectivity index (χ0) is 25.7. The summed E-state index contributed by atoms with van der Waals surface area (Å²) in [4.78, 5) is 66.4. The first-order valence-corrected chi connectivity index (χ1v) is 12.5. The van der Waals surface area contributed by atoms with Crippen LogP contribution >= 0.6 is 0 Å². The van der Waals surface area contributed by atoms with Crippen molar-refractivity contribution in [3.63, 3.8) is 0 Å². The third kappa shape index (κ3) is 3.80. The minimum Gasteiger partial charge on any atom is -0.322 e. The van der Waals surface area contributed by atoms with E-state index >= 15 is 0 Å². The first-order chi connectivity index (χ1) is 17.9. The molecule has 5 amide bonds. The molecule has 0 bridgehead atoms. The Balaban J connectivity index is 1.13. The Bertz CT molecular complexity index is 1320. The highest BCUT2D eigenvalue weighted by Gasteiger charge is 2.48. The number of rotatable bonds is 4. The number of anilines is 3. The fourth-order valence-electron chi connectivity index (χ4n) is 5.77. The fraction of sp³-hybridized carbons (Fsp3) is 0.276. The number of fused-ring (bicyclic) bond motifs is 2. The molecule has 0 radical (unpaired) electrons. The summed E-state index contributed by atoms with van der Waals surface area (Å²) in [7, 11) is 0. The summed E-state index contributed by atoms with van der Waals surface area (Å²) in [5, 5.41) is 2.80. The van der Waals surface area contributed by atoms with Crippen molar-refractivity contribution < 1.29 is 24.0 Å². The average molecular weight is 496 g/mol. The molecule has 186 valence electrons. The lowest BCUT2D eigenvalue weighted by Gasteiger charge is -2.16. The zero-order valence-corrected chi connectivity index (χ0v) is 20.0. The smallest absolute Gasteiger partial charge is 0.255 e. The summed E-state index contributed by atoms with van der Waals surface area (Å²) in [6, 6.07) is 13.0. The number of hydrogen-bond donors (Lipinski definition) is 1. The van der Waals surface area contributed by atoms with Crippen molar-refractivity contribution in [2.24, 2.45) is 23.7 Å². The van der Waals surface area contributed by atoms with E-state index in [1.807, 2.05) is 24.3 Å². The minimum absolute atomic E-state index is 0.179. The van der Waals surface area contributed by atoms with Crippen LogP contribution < -0.4 is 15.1 Å². The van der Waals surface area contributed by atoms with Gasteiger partial charge in [-0.2, -0.15) is 0 Å². The van der Waals surface area contributed by atoms with Gasteiger partial charge in [0.15, 0.2) is 0 Å². The Morgan fingerprint density at radius 1 is 0.568 bits per heavy atom. The molecule has 4 aliphatic rings. The van der Waals surface area contributed by atoms with E-state index in [1.54, 1.807) is 48.5 Å². The molecule has 2 fully saturated rings. The van der Waals surface area contributed by atoms with Crippen LogP contribution in [0.25, 0.3) is 0 Å². The Labute approximate surface area is 213 Å². The van der Waals surface area contributed by atoms with Crippen molar-refractivity contribution in [3.05, 3.63) is 78.4 Å². The summed E-state index contributed by atoms with van der Waals surface area (Å²) >= 11 is 0. The monoisotopic (exact) mass is 495 g/mol. The lowest BCUT2D eigenvalue weighted by molar-refractivity contribution is -0.124.